The van der Waals surface area contributed by atoms with Gasteiger partial charge < -0.3 is 14.9 Å². The van der Waals surface area contributed by atoms with Gasteiger partial charge in [-0.3, -0.25) is 0 Å². The molecule has 0 aliphatic rings. The maximum absolute atomic E-state index is 11.8. The molecule has 1 unspecified atom stereocenters. The molecule has 1 aromatic rings. The smallest absolute Gasteiger partial charge is 0.387 e. The first-order valence-electron chi connectivity index (χ1n) is 4.35. The minimum atomic E-state index is -2.94. The first-order chi connectivity index (χ1) is 7.34. The molecule has 0 bridgehead atoms. The molecule has 0 amide bonds. The van der Waals surface area contributed by atoms with Crippen LogP contribution >= 0.6 is 0 Å². The van der Waals surface area contributed by atoms with Crippen LogP contribution in [0.3, 0.4) is 0 Å². The van der Waals surface area contributed by atoms with Crippen molar-refractivity contribution >= 4 is 5.97 Å². The lowest BCUT2D eigenvalue weighted by molar-refractivity contribution is -0.157. The van der Waals surface area contributed by atoms with E-state index in [4.69, 9.17) is 5.11 Å². The summed E-state index contributed by atoms with van der Waals surface area (Å²) in [6, 6.07) is 4.76. The molecule has 0 saturated heterocycles. The van der Waals surface area contributed by atoms with Crippen molar-refractivity contribution in [1.29, 1.82) is 0 Å². The summed E-state index contributed by atoms with van der Waals surface area (Å²) in [5.74, 6) is -1.52. The van der Waals surface area contributed by atoms with Crippen molar-refractivity contribution in [2.24, 2.45) is 0 Å². The highest BCUT2D eigenvalue weighted by Crippen LogP contribution is 2.23. The van der Waals surface area contributed by atoms with E-state index in [9.17, 15) is 18.7 Å². The molecule has 0 aromatic heterocycles. The monoisotopic (exact) mass is 232 g/mol. The first kappa shape index (κ1) is 12.4. The third-order valence-corrected chi connectivity index (χ3v) is 2.06. The van der Waals surface area contributed by atoms with E-state index in [1.165, 1.54) is 24.3 Å². The molecular weight excluding hydrogens is 222 g/mol. The second-order valence-corrected chi connectivity index (χ2v) is 3.28. The maximum atomic E-state index is 11.8. The summed E-state index contributed by atoms with van der Waals surface area (Å²) in [4.78, 5) is 10.7. The van der Waals surface area contributed by atoms with Gasteiger partial charge in [0, 0.05) is 0 Å². The zero-order chi connectivity index (χ0) is 12.3. The SMILES string of the molecule is CC(O)(C(=O)O)c1ccc(OC(F)F)cc1. The Morgan fingerprint density at radius 1 is 1.38 bits per heavy atom. The van der Waals surface area contributed by atoms with Crippen LogP contribution in [0.1, 0.15) is 12.5 Å². The number of hydrogen-bond acceptors (Lipinski definition) is 3. The van der Waals surface area contributed by atoms with Crippen LogP contribution in [-0.2, 0) is 10.4 Å². The molecule has 88 valence electrons. The molecule has 0 heterocycles. The lowest BCUT2D eigenvalue weighted by Gasteiger charge is -2.18. The summed E-state index contributed by atoms with van der Waals surface area (Å²) in [5.41, 5.74) is -1.97. The number of halogens is 2. The summed E-state index contributed by atoms with van der Waals surface area (Å²) in [7, 11) is 0. The van der Waals surface area contributed by atoms with E-state index >= 15 is 0 Å². The van der Waals surface area contributed by atoms with Gasteiger partial charge in [-0.2, -0.15) is 8.78 Å². The number of alkyl halides is 2. The average Bonchev–Trinajstić information content (AvgIpc) is 2.17. The van der Waals surface area contributed by atoms with Crippen LogP contribution < -0.4 is 4.74 Å². The molecule has 0 fully saturated rings. The van der Waals surface area contributed by atoms with Gasteiger partial charge in [0.2, 0.25) is 0 Å². The summed E-state index contributed by atoms with van der Waals surface area (Å²) < 4.78 is 27.7. The minimum Gasteiger partial charge on any atom is -0.479 e. The summed E-state index contributed by atoms with van der Waals surface area (Å²) in [6.45, 7) is -1.84. The minimum absolute atomic E-state index is 0.0848. The van der Waals surface area contributed by atoms with Crippen molar-refractivity contribution in [1.82, 2.24) is 0 Å². The molecule has 1 rings (SSSR count). The standard InChI is InChI=1S/C10H10F2O4/c1-10(15,8(13)14)6-2-4-7(5-3-6)16-9(11)12/h2-5,9,15H,1H3,(H,13,14). The lowest BCUT2D eigenvalue weighted by Crippen LogP contribution is -2.31. The summed E-state index contributed by atoms with van der Waals surface area (Å²) in [5, 5.41) is 18.3. The largest absolute Gasteiger partial charge is 0.479 e. The van der Waals surface area contributed by atoms with Crippen LogP contribution in [0.25, 0.3) is 0 Å². The van der Waals surface area contributed by atoms with Gasteiger partial charge in [0.25, 0.3) is 0 Å². The highest BCUT2D eigenvalue weighted by molar-refractivity contribution is 5.78. The number of ether oxygens (including phenoxy) is 1. The van der Waals surface area contributed by atoms with Gasteiger partial charge in [-0.1, -0.05) is 12.1 Å². The third-order valence-electron chi connectivity index (χ3n) is 2.06. The van der Waals surface area contributed by atoms with Crippen molar-refractivity contribution in [3.63, 3.8) is 0 Å². The average molecular weight is 232 g/mol. The number of rotatable bonds is 4. The van der Waals surface area contributed by atoms with Gasteiger partial charge in [0.1, 0.15) is 5.75 Å². The Hall–Kier alpha value is -1.69. The zero-order valence-electron chi connectivity index (χ0n) is 8.35. The molecular formula is C10H10F2O4. The molecule has 0 aliphatic heterocycles. The number of carbonyl (C=O) groups is 1. The number of hydrogen-bond donors (Lipinski definition) is 2. The topological polar surface area (TPSA) is 66.8 Å². The molecule has 4 nitrogen and oxygen atoms in total. The van der Waals surface area contributed by atoms with Crippen LogP contribution in [0.15, 0.2) is 24.3 Å². The Bertz CT molecular complexity index is 373. The Labute approximate surface area is 90.1 Å². The van der Waals surface area contributed by atoms with Crippen LogP contribution in [0.5, 0.6) is 5.75 Å². The number of aliphatic carboxylic acids is 1. The molecule has 0 radical (unpaired) electrons. The number of aliphatic hydroxyl groups is 1. The van der Waals surface area contributed by atoms with E-state index in [2.05, 4.69) is 4.74 Å². The zero-order valence-corrected chi connectivity index (χ0v) is 8.35. The second-order valence-electron chi connectivity index (χ2n) is 3.28. The van der Waals surface area contributed by atoms with Crippen LogP contribution in [0.4, 0.5) is 8.78 Å². The van der Waals surface area contributed by atoms with Crippen molar-refractivity contribution in [2.45, 2.75) is 19.1 Å². The fraction of sp³-hybridized carbons (Fsp3) is 0.300. The van der Waals surface area contributed by atoms with E-state index in [1.54, 1.807) is 0 Å². The molecule has 1 atom stereocenters. The van der Waals surface area contributed by atoms with E-state index in [1.807, 2.05) is 0 Å². The fourth-order valence-electron chi connectivity index (χ4n) is 1.08. The molecule has 0 saturated carbocycles. The van der Waals surface area contributed by atoms with Gasteiger partial charge in [0.15, 0.2) is 5.60 Å². The van der Waals surface area contributed by atoms with Gasteiger partial charge in [-0.05, 0) is 24.6 Å². The highest BCUT2D eigenvalue weighted by Gasteiger charge is 2.31. The van der Waals surface area contributed by atoms with E-state index in [0.717, 1.165) is 6.92 Å². The van der Waals surface area contributed by atoms with Crippen LogP contribution in [0.2, 0.25) is 0 Å². The van der Waals surface area contributed by atoms with E-state index < -0.39 is 18.2 Å². The van der Waals surface area contributed by atoms with Gasteiger partial charge in [-0.15, -0.1) is 0 Å². The first-order valence-corrected chi connectivity index (χ1v) is 4.35. The van der Waals surface area contributed by atoms with Crippen LogP contribution in [0, 0.1) is 0 Å². The molecule has 1 aromatic carbocycles. The highest BCUT2D eigenvalue weighted by atomic mass is 19.3. The third kappa shape index (κ3) is 2.66. The molecule has 16 heavy (non-hydrogen) atoms. The van der Waals surface area contributed by atoms with Crippen LogP contribution in [-0.4, -0.2) is 22.8 Å². The van der Waals surface area contributed by atoms with Crippen molar-refractivity contribution in [3.8, 4) is 5.75 Å². The lowest BCUT2D eigenvalue weighted by atomic mass is 9.96. The van der Waals surface area contributed by atoms with E-state index in [0.29, 0.717) is 0 Å². The fourth-order valence-corrected chi connectivity index (χ4v) is 1.08. The van der Waals surface area contributed by atoms with E-state index in [-0.39, 0.29) is 11.3 Å². The molecule has 6 heteroatoms. The molecule has 0 aliphatic carbocycles. The Kier molecular flexibility index (Phi) is 3.44. The Morgan fingerprint density at radius 2 is 1.88 bits per heavy atom. The number of carboxylic acids is 1. The maximum Gasteiger partial charge on any atom is 0.387 e. The van der Waals surface area contributed by atoms with Crippen molar-refractivity contribution in [2.75, 3.05) is 0 Å². The molecule has 0 spiro atoms. The second kappa shape index (κ2) is 4.44. The number of carboxylic acid groups (broad SMARTS) is 1. The predicted octanol–water partition coefficient (Wildman–Crippen LogP) is 1.58. The van der Waals surface area contributed by atoms with Gasteiger partial charge in [0.05, 0.1) is 0 Å². The van der Waals surface area contributed by atoms with Gasteiger partial charge in [-0.25, -0.2) is 4.79 Å². The van der Waals surface area contributed by atoms with Crippen molar-refractivity contribution < 1.29 is 28.5 Å². The Morgan fingerprint density at radius 3 is 2.25 bits per heavy atom. The summed E-state index contributed by atoms with van der Waals surface area (Å²) >= 11 is 0. The van der Waals surface area contributed by atoms with Crippen molar-refractivity contribution in [3.05, 3.63) is 29.8 Å². The van der Waals surface area contributed by atoms with Gasteiger partial charge >= 0.3 is 12.6 Å². The quantitative estimate of drug-likeness (QED) is 0.827. The number of benzene rings is 1. The summed E-state index contributed by atoms with van der Waals surface area (Å²) in [6.07, 6.45) is 0. The predicted molar refractivity (Wildman–Crippen MR) is 50.3 cm³/mol. The normalized spacial score (nSPS) is 14.6. The molecule has 2 N–H and O–H groups in total. The Balaban J connectivity index is 2.91.